The molecule has 0 spiro atoms. The smallest absolute Gasteiger partial charge is 0.300 e. The molecule has 8 nitrogen and oxygen atoms in total. The molecule has 0 radical (unpaired) electrons. The number of benzene rings is 3. The van der Waals surface area contributed by atoms with E-state index in [9.17, 15) is 29.6 Å². The Kier molecular flexibility index (Phi) is 6.00. The summed E-state index contributed by atoms with van der Waals surface area (Å²) in [6.45, 7) is 1.41. The monoisotopic (exact) mass is 476 g/mol. The summed E-state index contributed by atoms with van der Waals surface area (Å²) < 4.78 is 0. The van der Waals surface area contributed by atoms with E-state index in [-0.39, 0.29) is 22.6 Å². The summed E-state index contributed by atoms with van der Waals surface area (Å²) in [7, 11) is 0. The number of Topliss-reactive ketones (excluding diaryl/α,β-unsaturated/α-hetero) is 2. The van der Waals surface area contributed by atoms with E-state index in [0.29, 0.717) is 21.8 Å². The van der Waals surface area contributed by atoms with Crippen molar-refractivity contribution in [3.8, 4) is 0 Å². The van der Waals surface area contributed by atoms with Crippen LogP contribution in [0.2, 0.25) is 5.02 Å². The van der Waals surface area contributed by atoms with E-state index in [2.05, 4.69) is 0 Å². The maximum Gasteiger partial charge on any atom is 0.300 e. The van der Waals surface area contributed by atoms with E-state index in [1.165, 1.54) is 84.6 Å². The number of aliphatic hydroxyl groups excluding tert-OH is 1. The Morgan fingerprint density at radius 2 is 1.50 bits per heavy atom. The molecule has 3 aromatic rings. The standard InChI is InChI=1S/C25H17ClN2O6/c1-14(29)15-4-10-19(11-5-15)27-22(16-6-12-20(13-7-16)28(33)34)21(24(31)25(27)32)23(30)17-2-8-18(26)9-3-17/h2-13,22,30H,1H3/b23-21-. The second kappa shape index (κ2) is 8.92. The fraction of sp³-hybridized carbons (Fsp3) is 0.0800. The molecular formula is C25H17ClN2O6. The fourth-order valence-electron chi connectivity index (χ4n) is 3.81. The van der Waals surface area contributed by atoms with Gasteiger partial charge in [-0.2, -0.15) is 0 Å². The van der Waals surface area contributed by atoms with Gasteiger partial charge in [-0.05, 0) is 73.2 Å². The molecule has 1 atom stereocenters. The van der Waals surface area contributed by atoms with Crippen molar-refractivity contribution in [1.29, 1.82) is 0 Å². The number of non-ortho nitro benzene ring substituents is 1. The Morgan fingerprint density at radius 3 is 2.03 bits per heavy atom. The van der Waals surface area contributed by atoms with Crippen LogP contribution in [0.15, 0.2) is 78.4 Å². The first-order chi connectivity index (χ1) is 16.2. The van der Waals surface area contributed by atoms with E-state index in [1.807, 2.05) is 0 Å². The van der Waals surface area contributed by atoms with Gasteiger partial charge in [-0.3, -0.25) is 29.4 Å². The van der Waals surface area contributed by atoms with E-state index in [4.69, 9.17) is 11.6 Å². The van der Waals surface area contributed by atoms with Crippen LogP contribution < -0.4 is 4.90 Å². The van der Waals surface area contributed by atoms with Crippen molar-refractivity contribution in [2.75, 3.05) is 4.90 Å². The highest BCUT2D eigenvalue weighted by atomic mass is 35.5. The molecule has 1 N–H and O–H groups in total. The van der Waals surface area contributed by atoms with Gasteiger partial charge in [0.1, 0.15) is 5.76 Å². The van der Waals surface area contributed by atoms with Gasteiger partial charge in [0.25, 0.3) is 17.4 Å². The minimum Gasteiger partial charge on any atom is -0.507 e. The second-order valence-electron chi connectivity index (χ2n) is 7.63. The van der Waals surface area contributed by atoms with Crippen LogP contribution in [-0.2, 0) is 9.59 Å². The topological polar surface area (TPSA) is 118 Å². The number of amides is 1. The van der Waals surface area contributed by atoms with Crippen LogP contribution in [0.3, 0.4) is 0 Å². The number of ketones is 2. The van der Waals surface area contributed by atoms with Crippen LogP contribution >= 0.6 is 11.6 Å². The third-order valence-electron chi connectivity index (χ3n) is 5.53. The fourth-order valence-corrected chi connectivity index (χ4v) is 3.94. The lowest BCUT2D eigenvalue weighted by Gasteiger charge is -2.25. The maximum atomic E-state index is 13.1. The molecule has 1 fully saturated rings. The molecule has 0 aliphatic carbocycles. The Balaban J connectivity index is 1.91. The van der Waals surface area contributed by atoms with Crippen molar-refractivity contribution < 1.29 is 24.4 Å². The van der Waals surface area contributed by atoms with E-state index in [1.54, 1.807) is 0 Å². The van der Waals surface area contributed by atoms with Crippen LogP contribution in [0.5, 0.6) is 0 Å². The number of hydrogen-bond acceptors (Lipinski definition) is 6. The first-order valence-electron chi connectivity index (χ1n) is 10.1. The molecular weight excluding hydrogens is 460 g/mol. The first kappa shape index (κ1) is 22.9. The van der Waals surface area contributed by atoms with Crippen molar-refractivity contribution >= 4 is 46.2 Å². The number of hydrogen-bond donors (Lipinski definition) is 1. The molecule has 0 bridgehead atoms. The minimum atomic E-state index is -1.06. The number of aliphatic hydroxyl groups is 1. The number of carbonyl (C=O) groups is 3. The molecule has 1 heterocycles. The van der Waals surface area contributed by atoms with Crippen molar-refractivity contribution in [2.24, 2.45) is 0 Å². The summed E-state index contributed by atoms with van der Waals surface area (Å²) in [5.74, 6) is -2.36. The highest BCUT2D eigenvalue weighted by Gasteiger charge is 2.47. The average molecular weight is 477 g/mol. The third-order valence-corrected chi connectivity index (χ3v) is 5.79. The van der Waals surface area contributed by atoms with Crippen molar-refractivity contribution in [1.82, 2.24) is 0 Å². The minimum absolute atomic E-state index is 0.163. The van der Waals surface area contributed by atoms with Crippen LogP contribution in [0, 0.1) is 10.1 Å². The molecule has 0 aromatic heterocycles. The molecule has 1 aliphatic heterocycles. The van der Waals surface area contributed by atoms with E-state index >= 15 is 0 Å². The van der Waals surface area contributed by atoms with Gasteiger partial charge < -0.3 is 5.11 Å². The lowest BCUT2D eigenvalue weighted by molar-refractivity contribution is -0.384. The third kappa shape index (κ3) is 4.06. The SMILES string of the molecule is CC(=O)c1ccc(N2C(=O)C(=O)/C(=C(\O)c3ccc(Cl)cc3)C2c2ccc([N+](=O)[O-])cc2)cc1. The lowest BCUT2D eigenvalue weighted by atomic mass is 9.95. The largest absolute Gasteiger partial charge is 0.507 e. The number of rotatable bonds is 5. The molecule has 170 valence electrons. The highest BCUT2D eigenvalue weighted by Crippen LogP contribution is 2.42. The van der Waals surface area contributed by atoms with Gasteiger partial charge in [0.15, 0.2) is 5.78 Å². The zero-order valence-electron chi connectivity index (χ0n) is 17.8. The van der Waals surface area contributed by atoms with Crippen LogP contribution in [0.25, 0.3) is 5.76 Å². The highest BCUT2D eigenvalue weighted by molar-refractivity contribution is 6.51. The molecule has 1 amide bonds. The van der Waals surface area contributed by atoms with Crippen molar-refractivity contribution in [3.63, 3.8) is 0 Å². The van der Waals surface area contributed by atoms with Crippen LogP contribution in [0.4, 0.5) is 11.4 Å². The molecule has 1 saturated heterocycles. The first-order valence-corrected chi connectivity index (χ1v) is 10.5. The molecule has 4 rings (SSSR count). The predicted molar refractivity (Wildman–Crippen MR) is 126 cm³/mol. The number of nitrogens with zero attached hydrogens (tertiary/aromatic N) is 2. The summed E-state index contributed by atoms with van der Waals surface area (Å²) in [6, 6.07) is 16.5. The Bertz CT molecular complexity index is 1350. The summed E-state index contributed by atoms with van der Waals surface area (Å²) in [5, 5.41) is 22.6. The predicted octanol–water partition coefficient (Wildman–Crippen LogP) is 5.08. The molecule has 9 heteroatoms. The van der Waals surface area contributed by atoms with E-state index in [0.717, 1.165) is 0 Å². The Hall–Kier alpha value is -4.30. The molecule has 3 aromatic carbocycles. The average Bonchev–Trinajstić information content (AvgIpc) is 3.09. The second-order valence-corrected chi connectivity index (χ2v) is 8.06. The zero-order valence-corrected chi connectivity index (χ0v) is 18.5. The molecule has 0 saturated carbocycles. The molecule has 34 heavy (non-hydrogen) atoms. The van der Waals surface area contributed by atoms with Gasteiger partial charge in [-0.1, -0.05) is 11.6 Å². The van der Waals surface area contributed by atoms with Gasteiger partial charge in [-0.15, -0.1) is 0 Å². The normalized spacial score (nSPS) is 17.1. The number of nitro benzene ring substituents is 1. The van der Waals surface area contributed by atoms with Crippen LogP contribution in [-0.4, -0.2) is 27.5 Å². The lowest BCUT2D eigenvalue weighted by Crippen LogP contribution is -2.29. The van der Waals surface area contributed by atoms with Crippen molar-refractivity contribution in [3.05, 3.63) is 110 Å². The number of anilines is 1. The summed E-state index contributed by atoms with van der Waals surface area (Å²) in [4.78, 5) is 49.6. The quantitative estimate of drug-likeness (QED) is 0.137. The molecule has 1 unspecified atom stereocenters. The Labute approximate surface area is 198 Å². The maximum absolute atomic E-state index is 13.1. The number of halogens is 1. The number of nitro groups is 1. The zero-order chi connectivity index (χ0) is 24.6. The summed E-state index contributed by atoms with van der Waals surface area (Å²) >= 11 is 5.92. The van der Waals surface area contributed by atoms with Gasteiger partial charge in [0, 0.05) is 34.0 Å². The Morgan fingerprint density at radius 1 is 0.941 bits per heavy atom. The number of carbonyl (C=O) groups excluding carboxylic acids is 3. The van der Waals surface area contributed by atoms with Gasteiger partial charge in [-0.25, -0.2) is 0 Å². The van der Waals surface area contributed by atoms with Crippen molar-refractivity contribution in [2.45, 2.75) is 13.0 Å². The van der Waals surface area contributed by atoms with E-state index < -0.39 is 28.4 Å². The van der Waals surface area contributed by atoms with Gasteiger partial charge in [0.2, 0.25) is 0 Å². The van der Waals surface area contributed by atoms with Crippen LogP contribution in [0.1, 0.15) is 34.5 Å². The van der Waals surface area contributed by atoms with Gasteiger partial charge >= 0.3 is 0 Å². The molecule has 1 aliphatic rings. The summed E-state index contributed by atoms with van der Waals surface area (Å²) in [6.07, 6.45) is 0. The van der Waals surface area contributed by atoms with Gasteiger partial charge in [0.05, 0.1) is 16.5 Å². The summed E-state index contributed by atoms with van der Waals surface area (Å²) in [5.41, 5.74) is 1.08.